The summed E-state index contributed by atoms with van der Waals surface area (Å²) >= 11 is 12.4. The minimum absolute atomic E-state index is 0.557. The summed E-state index contributed by atoms with van der Waals surface area (Å²) in [4.78, 5) is 4.67. The smallest absolute Gasteiger partial charge is 0.0850 e. The highest BCUT2D eigenvalue weighted by atomic mass is 35.5. The van der Waals surface area contributed by atoms with Gasteiger partial charge in [-0.05, 0) is 56.4 Å². The molecule has 0 aliphatic heterocycles. The maximum atomic E-state index is 10.5. The summed E-state index contributed by atoms with van der Waals surface area (Å²) in [5, 5.41) is 12.5. The van der Waals surface area contributed by atoms with Gasteiger partial charge in [0, 0.05) is 16.1 Å². The molecule has 0 amide bonds. The minimum atomic E-state index is -0.937. The van der Waals surface area contributed by atoms with Gasteiger partial charge in [0.05, 0.1) is 16.1 Å². The fourth-order valence-electron chi connectivity index (χ4n) is 2.99. The minimum Gasteiger partial charge on any atom is -0.386 e. The molecule has 2 aromatic rings. The van der Waals surface area contributed by atoms with Crippen LogP contribution in [0.25, 0.3) is 10.9 Å². The molecule has 0 bridgehead atoms. The second-order valence-corrected chi connectivity index (χ2v) is 6.45. The zero-order chi connectivity index (χ0) is 13.8. The van der Waals surface area contributed by atoms with Crippen molar-refractivity contribution >= 4 is 34.1 Å². The maximum absolute atomic E-state index is 10.5. The Bertz CT molecular complexity index is 674. The van der Waals surface area contributed by atoms with E-state index in [0.717, 1.165) is 47.0 Å². The lowest BCUT2D eigenvalue weighted by Crippen LogP contribution is -2.19. The molecule has 0 saturated heterocycles. The summed E-state index contributed by atoms with van der Waals surface area (Å²) in [6.45, 7) is 3.59. The molecule has 0 spiro atoms. The molecule has 3 rings (SSSR count). The normalized spacial score (nSPS) is 15.0. The first-order valence-electron chi connectivity index (χ1n) is 6.41. The average Bonchev–Trinajstić information content (AvgIpc) is 2.71. The molecule has 1 aromatic carbocycles. The van der Waals surface area contributed by atoms with Crippen LogP contribution in [0.1, 0.15) is 37.1 Å². The lowest BCUT2D eigenvalue weighted by atomic mass is 9.89. The summed E-state index contributed by atoms with van der Waals surface area (Å²) in [6, 6.07) is 3.53. The monoisotopic (exact) mass is 295 g/mol. The first-order valence-corrected chi connectivity index (χ1v) is 7.17. The zero-order valence-corrected chi connectivity index (χ0v) is 12.4. The standard InChI is InChI=1S/C15H15Cl2NO/c1-15(2,19)14-9-4-3-5-11(9)18-12-7-8(16)6-10(17)13(12)14/h6-7,19H,3-5H2,1-2H3. The Balaban J connectivity index is 2.49. The molecule has 100 valence electrons. The van der Waals surface area contributed by atoms with Crippen LogP contribution in [0.2, 0.25) is 10.0 Å². The van der Waals surface area contributed by atoms with E-state index in [1.807, 2.05) is 6.07 Å². The van der Waals surface area contributed by atoms with Crippen molar-refractivity contribution in [2.45, 2.75) is 38.7 Å². The molecule has 2 nitrogen and oxygen atoms in total. The van der Waals surface area contributed by atoms with E-state index >= 15 is 0 Å². The molecule has 0 atom stereocenters. The number of hydrogen-bond donors (Lipinski definition) is 1. The summed E-state index contributed by atoms with van der Waals surface area (Å²) in [7, 11) is 0. The van der Waals surface area contributed by atoms with Gasteiger partial charge in [-0.3, -0.25) is 4.98 Å². The molecule has 1 heterocycles. The molecule has 1 aromatic heterocycles. The van der Waals surface area contributed by atoms with Gasteiger partial charge in [0.1, 0.15) is 0 Å². The van der Waals surface area contributed by atoms with Gasteiger partial charge in [-0.2, -0.15) is 0 Å². The summed E-state index contributed by atoms with van der Waals surface area (Å²) in [5.41, 5.74) is 2.97. The predicted octanol–water partition coefficient (Wildman–Crippen LogP) is 4.26. The Morgan fingerprint density at radius 1 is 1.21 bits per heavy atom. The van der Waals surface area contributed by atoms with Crippen LogP contribution in [0.4, 0.5) is 0 Å². The van der Waals surface area contributed by atoms with Gasteiger partial charge in [0.2, 0.25) is 0 Å². The molecular formula is C15H15Cl2NO. The first kappa shape index (κ1) is 13.2. The maximum Gasteiger partial charge on any atom is 0.0850 e. The Labute approximate surface area is 122 Å². The summed E-state index contributed by atoms with van der Waals surface area (Å²) in [6.07, 6.45) is 2.99. The molecule has 1 aliphatic rings. The number of fused-ring (bicyclic) bond motifs is 2. The van der Waals surface area contributed by atoms with Crippen molar-refractivity contribution in [2.75, 3.05) is 0 Å². The number of halogens is 2. The van der Waals surface area contributed by atoms with E-state index in [1.165, 1.54) is 0 Å². The molecule has 0 fully saturated rings. The highest BCUT2D eigenvalue weighted by Gasteiger charge is 2.29. The highest BCUT2D eigenvalue weighted by molar-refractivity contribution is 6.38. The van der Waals surface area contributed by atoms with E-state index in [-0.39, 0.29) is 0 Å². The summed E-state index contributed by atoms with van der Waals surface area (Å²) < 4.78 is 0. The molecular weight excluding hydrogens is 281 g/mol. The molecule has 0 unspecified atom stereocenters. The van der Waals surface area contributed by atoms with Gasteiger partial charge in [0.25, 0.3) is 0 Å². The number of aliphatic hydroxyl groups is 1. The zero-order valence-electron chi connectivity index (χ0n) is 10.9. The second kappa shape index (κ2) is 4.34. The highest BCUT2D eigenvalue weighted by Crippen LogP contribution is 2.40. The summed E-state index contributed by atoms with van der Waals surface area (Å²) in [5.74, 6) is 0. The van der Waals surface area contributed by atoms with Gasteiger partial charge < -0.3 is 5.11 Å². The fourth-order valence-corrected chi connectivity index (χ4v) is 3.56. The van der Waals surface area contributed by atoms with Gasteiger partial charge in [-0.25, -0.2) is 0 Å². The van der Waals surface area contributed by atoms with Crippen LogP contribution in [-0.4, -0.2) is 10.1 Å². The molecule has 0 radical (unpaired) electrons. The number of hydrogen-bond acceptors (Lipinski definition) is 2. The molecule has 19 heavy (non-hydrogen) atoms. The van der Waals surface area contributed by atoms with Gasteiger partial charge >= 0.3 is 0 Å². The molecule has 1 N–H and O–H groups in total. The third-order valence-corrected chi connectivity index (χ3v) is 4.16. The van der Waals surface area contributed by atoms with Crippen LogP contribution >= 0.6 is 23.2 Å². The van der Waals surface area contributed by atoms with Crippen LogP contribution in [0.5, 0.6) is 0 Å². The third kappa shape index (κ3) is 2.12. The van der Waals surface area contributed by atoms with E-state index in [1.54, 1.807) is 19.9 Å². The fraction of sp³-hybridized carbons (Fsp3) is 0.400. The van der Waals surface area contributed by atoms with Crippen LogP contribution < -0.4 is 0 Å². The topological polar surface area (TPSA) is 33.1 Å². The first-order chi connectivity index (χ1) is 8.88. The van der Waals surface area contributed by atoms with E-state index < -0.39 is 5.60 Å². The van der Waals surface area contributed by atoms with Crippen molar-refractivity contribution < 1.29 is 5.11 Å². The van der Waals surface area contributed by atoms with Crippen LogP contribution in [0, 0.1) is 0 Å². The molecule has 4 heteroatoms. The van der Waals surface area contributed by atoms with Crippen LogP contribution in [0.15, 0.2) is 12.1 Å². The van der Waals surface area contributed by atoms with Crippen molar-refractivity contribution in [1.82, 2.24) is 4.98 Å². The largest absolute Gasteiger partial charge is 0.386 e. The molecule has 0 saturated carbocycles. The number of aryl methyl sites for hydroxylation is 1. The van der Waals surface area contributed by atoms with Gasteiger partial charge in [-0.1, -0.05) is 23.2 Å². The second-order valence-electron chi connectivity index (χ2n) is 5.61. The third-order valence-electron chi connectivity index (χ3n) is 3.64. The lowest BCUT2D eigenvalue weighted by molar-refractivity contribution is 0.0792. The van der Waals surface area contributed by atoms with Gasteiger partial charge in [-0.15, -0.1) is 0 Å². The number of nitrogens with zero attached hydrogens (tertiary/aromatic N) is 1. The Kier molecular flexibility index (Phi) is 3.01. The van der Waals surface area contributed by atoms with E-state index in [2.05, 4.69) is 4.98 Å². The van der Waals surface area contributed by atoms with E-state index in [4.69, 9.17) is 23.2 Å². The van der Waals surface area contributed by atoms with Crippen molar-refractivity contribution in [1.29, 1.82) is 0 Å². The number of pyridine rings is 1. The van der Waals surface area contributed by atoms with Crippen molar-refractivity contribution in [3.05, 3.63) is 39.0 Å². The van der Waals surface area contributed by atoms with Crippen molar-refractivity contribution in [3.8, 4) is 0 Å². The quantitative estimate of drug-likeness (QED) is 0.853. The van der Waals surface area contributed by atoms with E-state index in [9.17, 15) is 5.11 Å². The number of aromatic nitrogens is 1. The Morgan fingerprint density at radius 2 is 1.95 bits per heavy atom. The average molecular weight is 296 g/mol. The SMILES string of the molecule is CC(C)(O)c1c2c(nc3cc(Cl)cc(Cl)c13)CCC2. The lowest BCUT2D eigenvalue weighted by Gasteiger charge is -2.24. The Morgan fingerprint density at radius 3 is 2.63 bits per heavy atom. The Hall–Kier alpha value is -0.830. The van der Waals surface area contributed by atoms with E-state index in [0.29, 0.717) is 10.0 Å². The molecule has 1 aliphatic carbocycles. The number of benzene rings is 1. The van der Waals surface area contributed by atoms with Crippen LogP contribution in [-0.2, 0) is 18.4 Å². The van der Waals surface area contributed by atoms with Crippen molar-refractivity contribution in [3.63, 3.8) is 0 Å². The predicted molar refractivity (Wildman–Crippen MR) is 79.0 cm³/mol. The van der Waals surface area contributed by atoms with Gasteiger partial charge in [0.15, 0.2) is 0 Å². The van der Waals surface area contributed by atoms with Crippen molar-refractivity contribution in [2.24, 2.45) is 0 Å². The van der Waals surface area contributed by atoms with Crippen LogP contribution in [0.3, 0.4) is 0 Å². The number of rotatable bonds is 1.